The van der Waals surface area contributed by atoms with Gasteiger partial charge in [0.05, 0.1) is 5.84 Å². The molecule has 0 aliphatic heterocycles. The van der Waals surface area contributed by atoms with E-state index in [4.69, 9.17) is 0 Å². The first-order chi connectivity index (χ1) is 5.60. The van der Waals surface area contributed by atoms with E-state index in [0.717, 1.165) is 11.5 Å². The number of rotatable bonds is 2. The van der Waals surface area contributed by atoms with Gasteiger partial charge in [0.1, 0.15) is 0 Å². The molecule has 1 amide bonds. The molecule has 0 fully saturated rings. The summed E-state index contributed by atoms with van der Waals surface area (Å²) in [7, 11) is 3.28. The highest BCUT2D eigenvalue weighted by Crippen LogP contribution is 1.86. The maximum Gasteiger partial charge on any atom is 0.245 e. The Labute approximate surface area is 72.8 Å². The number of likely N-dealkylation sites (N-methyl/N-ethyl adjacent to an activating group) is 1. The summed E-state index contributed by atoms with van der Waals surface area (Å²) in [5.41, 5.74) is 0.775. The SMILES string of the molecule is CN=C(C)N/C(C)=C/C(=O)NC. The van der Waals surface area contributed by atoms with Crippen LogP contribution in [0.2, 0.25) is 0 Å². The fourth-order valence-electron chi connectivity index (χ4n) is 0.646. The van der Waals surface area contributed by atoms with Crippen molar-refractivity contribution < 1.29 is 4.79 Å². The van der Waals surface area contributed by atoms with Crippen molar-refractivity contribution in [2.24, 2.45) is 4.99 Å². The van der Waals surface area contributed by atoms with Crippen LogP contribution < -0.4 is 10.6 Å². The first-order valence-corrected chi connectivity index (χ1v) is 3.70. The van der Waals surface area contributed by atoms with E-state index in [1.54, 1.807) is 14.1 Å². The third kappa shape index (κ3) is 4.49. The molecule has 0 saturated carbocycles. The summed E-state index contributed by atoms with van der Waals surface area (Å²) in [5, 5.41) is 5.44. The third-order valence-electron chi connectivity index (χ3n) is 1.31. The number of allylic oxidation sites excluding steroid dienone is 1. The molecule has 0 aromatic carbocycles. The van der Waals surface area contributed by atoms with Crippen LogP contribution >= 0.6 is 0 Å². The molecule has 0 atom stereocenters. The summed E-state index contributed by atoms with van der Waals surface area (Å²) in [4.78, 5) is 14.7. The topological polar surface area (TPSA) is 53.5 Å². The second-order valence-electron chi connectivity index (χ2n) is 2.38. The van der Waals surface area contributed by atoms with Gasteiger partial charge < -0.3 is 10.6 Å². The fourth-order valence-corrected chi connectivity index (χ4v) is 0.646. The van der Waals surface area contributed by atoms with Gasteiger partial charge in [-0.05, 0) is 13.8 Å². The second-order valence-corrected chi connectivity index (χ2v) is 2.38. The molecule has 0 radical (unpaired) electrons. The van der Waals surface area contributed by atoms with Crippen molar-refractivity contribution in [3.8, 4) is 0 Å². The molecular weight excluding hydrogens is 154 g/mol. The standard InChI is InChI=1S/C8H15N3O/c1-6(5-8(12)10-4)11-7(2)9-3/h5H,1-4H3,(H,9,11)(H,10,12)/b6-5+. The highest BCUT2D eigenvalue weighted by atomic mass is 16.1. The van der Waals surface area contributed by atoms with Gasteiger partial charge in [0.15, 0.2) is 0 Å². The Morgan fingerprint density at radius 3 is 2.42 bits per heavy atom. The maximum atomic E-state index is 10.8. The number of amides is 1. The fraction of sp³-hybridized carbons (Fsp3) is 0.500. The van der Waals surface area contributed by atoms with E-state index in [0.29, 0.717) is 0 Å². The molecule has 0 unspecified atom stereocenters. The molecule has 0 heterocycles. The average molecular weight is 169 g/mol. The van der Waals surface area contributed by atoms with Crippen LogP contribution in [0, 0.1) is 0 Å². The van der Waals surface area contributed by atoms with Gasteiger partial charge in [-0.25, -0.2) is 0 Å². The molecule has 0 aromatic heterocycles. The number of amidine groups is 1. The first-order valence-electron chi connectivity index (χ1n) is 3.70. The minimum absolute atomic E-state index is 0.121. The van der Waals surface area contributed by atoms with E-state index in [-0.39, 0.29) is 5.91 Å². The van der Waals surface area contributed by atoms with Gasteiger partial charge in [0, 0.05) is 25.9 Å². The lowest BCUT2D eigenvalue weighted by atomic mass is 10.4. The first kappa shape index (κ1) is 10.7. The van der Waals surface area contributed by atoms with Crippen LogP contribution in [0.25, 0.3) is 0 Å². The van der Waals surface area contributed by atoms with Crippen molar-refractivity contribution >= 4 is 11.7 Å². The Kier molecular flexibility index (Phi) is 4.76. The van der Waals surface area contributed by atoms with Crippen molar-refractivity contribution in [1.82, 2.24) is 10.6 Å². The van der Waals surface area contributed by atoms with Crippen LogP contribution in [0.5, 0.6) is 0 Å². The zero-order valence-corrected chi connectivity index (χ0v) is 7.93. The molecule has 68 valence electrons. The Hall–Kier alpha value is -1.32. The number of hydrogen-bond acceptors (Lipinski definition) is 2. The molecule has 0 spiro atoms. The molecule has 0 aromatic rings. The summed E-state index contributed by atoms with van der Waals surface area (Å²) in [6, 6.07) is 0. The minimum Gasteiger partial charge on any atom is -0.356 e. The molecule has 0 rings (SSSR count). The van der Waals surface area contributed by atoms with E-state index < -0.39 is 0 Å². The summed E-state index contributed by atoms with van der Waals surface area (Å²) >= 11 is 0. The molecule has 4 nitrogen and oxygen atoms in total. The maximum absolute atomic E-state index is 10.8. The summed E-state index contributed by atoms with van der Waals surface area (Å²) in [6.07, 6.45) is 1.48. The zero-order chi connectivity index (χ0) is 9.56. The average Bonchev–Trinajstić information content (AvgIpc) is 2.03. The van der Waals surface area contributed by atoms with Crippen LogP contribution in [-0.4, -0.2) is 25.8 Å². The van der Waals surface area contributed by atoms with Gasteiger partial charge in [-0.15, -0.1) is 0 Å². The van der Waals surface area contributed by atoms with Crippen LogP contribution in [0.3, 0.4) is 0 Å². The van der Waals surface area contributed by atoms with Gasteiger partial charge in [0.2, 0.25) is 5.91 Å². The quantitative estimate of drug-likeness (QED) is 0.354. The normalized spacial score (nSPS) is 12.7. The van der Waals surface area contributed by atoms with E-state index in [1.165, 1.54) is 6.08 Å². The van der Waals surface area contributed by atoms with E-state index >= 15 is 0 Å². The predicted molar refractivity (Wildman–Crippen MR) is 50.0 cm³/mol. The molecule has 0 saturated heterocycles. The Morgan fingerprint density at radius 2 is 2.00 bits per heavy atom. The molecule has 2 N–H and O–H groups in total. The van der Waals surface area contributed by atoms with Crippen molar-refractivity contribution in [3.63, 3.8) is 0 Å². The van der Waals surface area contributed by atoms with Gasteiger partial charge in [-0.1, -0.05) is 0 Å². The lowest BCUT2D eigenvalue weighted by Crippen LogP contribution is -2.21. The number of hydrogen-bond donors (Lipinski definition) is 2. The molecule has 4 heteroatoms. The number of carbonyl (C=O) groups is 1. The molecule has 0 aliphatic rings. The number of nitrogens with one attached hydrogen (secondary N) is 2. The van der Waals surface area contributed by atoms with Gasteiger partial charge in [0.25, 0.3) is 0 Å². The van der Waals surface area contributed by atoms with Crippen LogP contribution in [0.1, 0.15) is 13.8 Å². The summed E-state index contributed by atoms with van der Waals surface area (Å²) in [5.74, 6) is 0.663. The number of carbonyl (C=O) groups excluding carboxylic acids is 1. The van der Waals surface area contributed by atoms with Crippen molar-refractivity contribution in [2.75, 3.05) is 14.1 Å². The highest BCUT2D eigenvalue weighted by molar-refractivity contribution is 5.89. The van der Waals surface area contributed by atoms with Crippen LogP contribution in [-0.2, 0) is 4.79 Å². The van der Waals surface area contributed by atoms with Crippen molar-refractivity contribution in [1.29, 1.82) is 0 Å². The molecule has 0 aliphatic carbocycles. The Morgan fingerprint density at radius 1 is 1.42 bits per heavy atom. The minimum atomic E-state index is -0.121. The van der Waals surface area contributed by atoms with Crippen molar-refractivity contribution in [3.05, 3.63) is 11.8 Å². The van der Waals surface area contributed by atoms with E-state index in [9.17, 15) is 4.79 Å². The number of aliphatic imine (C=N–C) groups is 1. The third-order valence-corrected chi connectivity index (χ3v) is 1.31. The predicted octanol–water partition coefficient (Wildman–Crippen LogP) is 0.274. The second kappa shape index (κ2) is 5.35. The number of nitrogens with zero attached hydrogens (tertiary/aromatic N) is 1. The molecular formula is C8H15N3O. The lowest BCUT2D eigenvalue weighted by molar-refractivity contribution is -0.116. The van der Waals surface area contributed by atoms with E-state index in [2.05, 4.69) is 15.6 Å². The molecule has 0 bridgehead atoms. The lowest BCUT2D eigenvalue weighted by Gasteiger charge is -2.03. The zero-order valence-electron chi connectivity index (χ0n) is 7.93. The summed E-state index contributed by atoms with van der Waals surface area (Å²) < 4.78 is 0. The highest BCUT2D eigenvalue weighted by Gasteiger charge is 1.94. The van der Waals surface area contributed by atoms with Gasteiger partial charge in [-0.3, -0.25) is 9.79 Å². The molecule has 12 heavy (non-hydrogen) atoms. The summed E-state index contributed by atoms with van der Waals surface area (Å²) in [6.45, 7) is 3.64. The van der Waals surface area contributed by atoms with Crippen LogP contribution in [0.15, 0.2) is 16.8 Å². The van der Waals surface area contributed by atoms with Crippen LogP contribution in [0.4, 0.5) is 0 Å². The monoisotopic (exact) mass is 169 g/mol. The Balaban J connectivity index is 4.11. The van der Waals surface area contributed by atoms with Crippen molar-refractivity contribution in [2.45, 2.75) is 13.8 Å². The smallest absolute Gasteiger partial charge is 0.245 e. The van der Waals surface area contributed by atoms with E-state index in [1.807, 2.05) is 13.8 Å². The van der Waals surface area contributed by atoms with Gasteiger partial charge in [-0.2, -0.15) is 0 Å². The van der Waals surface area contributed by atoms with Gasteiger partial charge >= 0.3 is 0 Å². The Bertz CT molecular complexity index is 218. The largest absolute Gasteiger partial charge is 0.356 e.